The Labute approximate surface area is 208 Å². The van der Waals surface area contributed by atoms with E-state index in [0.717, 1.165) is 9.69 Å². The number of rotatable bonds is 9. The fourth-order valence-corrected chi connectivity index (χ4v) is 5.92. The summed E-state index contributed by atoms with van der Waals surface area (Å²) in [6.45, 7) is 1.20. The lowest BCUT2D eigenvalue weighted by molar-refractivity contribution is -0.143. The molecule has 2 atom stereocenters. The first-order valence-electron chi connectivity index (χ1n) is 10.9. The van der Waals surface area contributed by atoms with Gasteiger partial charge in [-0.25, -0.2) is 8.42 Å². The van der Waals surface area contributed by atoms with E-state index in [1.807, 2.05) is 6.07 Å². The Bertz CT molecular complexity index is 1310. The van der Waals surface area contributed by atoms with Gasteiger partial charge in [0.1, 0.15) is 12.1 Å². The van der Waals surface area contributed by atoms with Crippen LogP contribution in [0.3, 0.4) is 0 Å². The Morgan fingerprint density at radius 3 is 2.57 bits per heavy atom. The Hall–Kier alpha value is -3.20. The van der Waals surface area contributed by atoms with Crippen LogP contribution in [0.1, 0.15) is 19.8 Å². The SMILES string of the molecule is C[C@@H](C(=O)N(C)CCC#N)N1CC[C@H](N(CC(N)=O)S(=O)(=O)c2ccc3cc(Cl)ccc3c2)C1=O. The average Bonchev–Trinajstić information content (AvgIpc) is 3.19. The molecule has 0 unspecified atom stereocenters. The highest BCUT2D eigenvalue weighted by molar-refractivity contribution is 7.89. The van der Waals surface area contributed by atoms with Crippen molar-refractivity contribution >= 4 is 50.1 Å². The van der Waals surface area contributed by atoms with Crippen molar-refractivity contribution in [3.63, 3.8) is 0 Å². The zero-order valence-corrected chi connectivity index (χ0v) is 20.9. The molecule has 2 aromatic carbocycles. The molecule has 2 aromatic rings. The van der Waals surface area contributed by atoms with Crippen LogP contribution in [-0.4, -0.2) is 79.0 Å². The molecule has 10 nitrogen and oxygen atoms in total. The molecule has 0 bridgehead atoms. The number of benzene rings is 2. The van der Waals surface area contributed by atoms with Gasteiger partial charge < -0.3 is 15.5 Å². The number of carbonyl (C=O) groups excluding carboxylic acids is 3. The summed E-state index contributed by atoms with van der Waals surface area (Å²) in [5.74, 6) is -1.86. The normalized spacial score (nSPS) is 16.9. The summed E-state index contributed by atoms with van der Waals surface area (Å²) in [6, 6.07) is 9.33. The summed E-state index contributed by atoms with van der Waals surface area (Å²) in [5.41, 5.74) is 5.35. The lowest BCUT2D eigenvalue weighted by atomic mass is 10.1. The maximum Gasteiger partial charge on any atom is 0.244 e. The van der Waals surface area contributed by atoms with Crippen molar-refractivity contribution in [3.8, 4) is 6.07 Å². The number of likely N-dealkylation sites (N-methyl/N-ethyl adjacent to an activating group) is 1. The van der Waals surface area contributed by atoms with Crippen LogP contribution in [0.4, 0.5) is 0 Å². The predicted octanol–water partition coefficient (Wildman–Crippen LogP) is 1.33. The van der Waals surface area contributed by atoms with Crippen LogP contribution in [0.2, 0.25) is 5.02 Å². The molecule has 3 rings (SSSR count). The molecule has 1 aliphatic heterocycles. The molecule has 0 spiro atoms. The third kappa shape index (κ3) is 5.56. The second kappa shape index (κ2) is 10.6. The second-order valence-electron chi connectivity index (χ2n) is 8.35. The number of nitriles is 1. The summed E-state index contributed by atoms with van der Waals surface area (Å²) in [6.07, 6.45) is 0.238. The van der Waals surface area contributed by atoms with Crippen molar-refractivity contribution < 1.29 is 22.8 Å². The van der Waals surface area contributed by atoms with Gasteiger partial charge in [-0.3, -0.25) is 14.4 Å². The molecule has 2 N–H and O–H groups in total. The fraction of sp³-hybridized carbons (Fsp3) is 0.391. The maximum atomic E-state index is 13.6. The van der Waals surface area contributed by atoms with Crippen LogP contribution in [-0.2, 0) is 24.4 Å². The Morgan fingerprint density at radius 2 is 1.91 bits per heavy atom. The zero-order chi connectivity index (χ0) is 25.9. The lowest BCUT2D eigenvalue weighted by Crippen LogP contribution is -2.52. The number of likely N-dealkylation sites (tertiary alicyclic amines) is 1. The van der Waals surface area contributed by atoms with Gasteiger partial charge in [-0.15, -0.1) is 0 Å². The summed E-state index contributed by atoms with van der Waals surface area (Å²) >= 11 is 6.00. The van der Waals surface area contributed by atoms with Crippen LogP contribution in [0.25, 0.3) is 10.8 Å². The second-order valence-corrected chi connectivity index (χ2v) is 10.7. The van der Waals surface area contributed by atoms with Crippen LogP contribution in [0, 0.1) is 11.3 Å². The molecule has 1 heterocycles. The fourth-order valence-electron chi connectivity index (χ4n) is 4.13. The number of hydrogen-bond donors (Lipinski definition) is 1. The van der Waals surface area contributed by atoms with E-state index in [4.69, 9.17) is 22.6 Å². The predicted molar refractivity (Wildman–Crippen MR) is 129 cm³/mol. The molecule has 186 valence electrons. The molecule has 0 radical (unpaired) electrons. The van der Waals surface area contributed by atoms with Gasteiger partial charge in [-0.1, -0.05) is 23.7 Å². The van der Waals surface area contributed by atoms with E-state index >= 15 is 0 Å². The van der Waals surface area contributed by atoms with Gasteiger partial charge in [0.05, 0.1) is 23.9 Å². The molecular formula is C23H26ClN5O5S. The number of carbonyl (C=O) groups is 3. The number of nitrogens with zero attached hydrogens (tertiary/aromatic N) is 4. The smallest absolute Gasteiger partial charge is 0.244 e. The topological polar surface area (TPSA) is 145 Å². The van der Waals surface area contributed by atoms with E-state index in [9.17, 15) is 22.8 Å². The molecule has 1 aliphatic rings. The number of hydrogen-bond acceptors (Lipinski definition) is 6. The van der Waals surface area contributed by atoms with Gasteiger partial charge in [0.25, 0.3) is 0 Å². The van der Waals surface area contributed by atoms with Crippen LogP contribution >= 0.6 is 11.6 Å². The van der Waals surface area contributed by atoms with Gasteiger partial charge in [-0.2, -0.15) is 9.57 Å². The first-order chi connectivity index (χ1) is 16.5. The van der Waals surface area contributed by atoms with E-state index in [2.05, 4.69) is 0 Å². The molecule has 3 amide bonds. The Morgan fingerprint density at radius 1 is 1.26 bits per heavy atom. The van der Waals surface area contributed by atoms with Crippen molar-refractivity contribution in [2.24, 2.45) is 5.73 Å². The van der Waals surface area contributed by atoms with Gasteiger partial charge in [0.2, 0.25) is 27.7 Å². The van der Waals surface area contributed by atoms with Crippen molar-refractivity contribution in [1.82, 2.24) is 14.1 Å². The third-order valence-corrected chi connectivity index (χ3v) is 8.10. The highest BCUT2D eigenvalue weighted by Gasteiger charge is 2.45. The molecule has 12 heteroatoms. The van der Waals surface area contributed by atoms with E-state index in [1.54, 1.807) is 31.2 Å². The molecule has 0 saturated carbocycles. The molecule has 0 aromatic heterocycles. The van der Waals surface area contributed by atoms with Gasteiger partial charge >= 0.3 is 0 Å². The molecule has 35 heavy (non-hydrogen) atoms. The number of amides is 3. The van der Waals surface area contributed by atoms with Crippen molar-refractivity contribution in [3.05, 3.63) is 41.4 Å². The molecule has 0 aliphatic carbocycles. The minimum absolute atomic E-state index is 0.0913. The van der Waals surface area contributed by atoms with Crippen LogP contribution in [0.15, 0.2) is 41.3 Å². The Balaban J connectivity index is 1.90. The molecular weight excluding hydrogens is 494 g/mol. The summed E-state index contributed by atoms with van der Waals surface area (Å²) in [7, 11) is -2.76. The highest BCUT2D eigenvalue weighted by atomic mass is 35.5. The molecule has 1 saturated heterocycles. The van der Waals surface area contributed by atoms with Crippen molar-refractivity contribution in [2.45, 2.75) is 36.7 Å². The zero-order valence-electron chi connectivity index (χ0n) is 19.3. The van der Waals surface area contributed by atoms with Crippen molar-refractivity contribution in [2.75, 3.05) is 26.7 Å². The lowest BCUT2D eigenvalue weighted by Gasteiger charge is -2.30. The first-order valence-corrected chi connectivity index (χ1v) is 12.7. The van der Waals surface area contributed by atoms with E-state index in [0.29, 0.717) is 10.4 Å². The minimum Gasteiger partial charge on any atom is -0.369 e. The van der Waals surface area contributed by atoms with Gasteiger partial charge in [0.15, 0.2) is 0 Å². The largest absolute Gasteiger partial charge is 0.369 e. The maximum absolute atomic E-state index is 13.6. The number of fused-ring (bicyclic) bond motifs is 1. The monoisotopic (exact) mass is 519 g/mol. The molecule has 1 fully saturated rings. The minimum atomic E-state index is -4.29. The van der Waals surface area contributed by atoms with Crippen LogP contribution in [0.5, 0.6) is 0 Å². The quantitative estimate of drug-likeness (QED) is 0.529. The number of halogens is 1. The van der Waals surface area contributed by atoms with Crippen LogP contribution < -0.4 is 5.73 Å². The number of sulfonamides is 1. The average molecular weight is 520 g/mol. The van der Waals surface area contributed by atoms with Gasteiger partial charge in [0, 0.05) is 25.2 Å². The third-order valence-electron chi connectivity index (χ3n) is 6.01. The Kier molecular flexibility index (Phi) is 8.00. The summed E-state index contributed by atoms with van der Waals surface area (Å²) in [5, 5.41) is 10.6. The first kappa shape index (κ1) is 26.4. The summed E-state index contributed by atoms with van der Waals surface area (Å²) < 4.78 is 27.9. The van der Waals surface area contributed by atoms with Crippen molar-refractivity contribution in [1.29, 1.82) is 5.26 Å². The van der Waals surface area contributed by atoms with Gasteiger partial charge in [-0.05, 0) is 48.4 Å². The standard InChI is InChI=1S/C23H26ClN5O5S/c1-15(22(31)27(2)10-3-9-25)28-11-8-20(23(28)32)29(14-21(26)30)35(33,34)19-7-5-16-12-18(24)6-4-17(16)13-19/h4-7,12-13,15,20H,3,8,10-11,14H2,1-2H3,(H2,26,30)/t15-,20-/m0/s1. The van der Waals surface area contributed by atoms with E-state index in [1.165, 1.54) is 29.0 Å². The van der Waals surface area contributed by atoms with E-state index < -0.39 is 40.5 Å². The highest BCUT2D eigenvalue weighted by Crippen LogP contribution is 2.29. The number of primary amides is 1. The summed E-state index contributed by atoms with van der Waals surface area (Å²) in [4.78, 5) is 40.3. The number of nitrogens with two attached hydrogens (primary N) is 1. The van der Waals surface area contributed by atoms with E-state index in [-0.39, 0.29) is 36.7 Å².